The second-order valence-corrected chi connectivity index (χ2v) is 5.51. The number of primary amides is 1. The molecule has 9 nitrogen and oxygen atoms in total. The predicted octanol–water partition coefficient (Wildman–Crippen LogP) is -1.07. The zero-order valence-electron chi connectivity index (χ0n) is 14.1. The SMILES string of the molecule is CCn1c(=O)n(CC(=O)N[C@@H](CC(N)=O)C(=O)NC)c2ccccc21. The Morgan fingerprint density at radius 1 is 1.16 bits per heavy atom. The van der Waals surface area contributed by atoms with Crippen LogP contribution in [0.3, 0.4) is 0 Å². The molecule has 0 aliphatic carbocycles. The van der Waals surface area contributed by atoms with Crippen molar-refractivity contribution in [1.82, 2.24) is 19.8 Å². The second-order valence-electron chi connectivity index (χ2n) is 5.51. The summed E-state index contributed by atoms with van der Waals surface area (Å²) in [5.41, 5.74) is 6.14. The van der Waals surface area contributed by atoms with Crippen molar-refractivity contribution in [3.63, 3.8) is 0 Å². The maximum atomic E-state index is 12.5. The third-order valence-corrected chi connectivity index (χ3v) is 3.85. The topological polar surface area (TPSA) is 128 Å². The highest BCUT2D eigenvalue weighted by Gasteiger charge is 2.23. The summed E-state index contributed by atoms with van der Waals surface area (Å²) in [6, 6.07) is 6.05. The van der Waals surface area contributed by atoms with Crippen LogP contribution in [0.4, 0.5) is 0 Å². The number of nitrogens with zero attached hydrogens (tertiary/aromatic N) is 2. The van der Waals surface area contributed by atoms with Gasteiger partial charge in [0.25, 0.3) is 0 Å². The summed E-state index contributed by atoms with van der Waals surface area (Å²) in [6.07, 6.45) is -0.322. The summed E-state index contributed by atoms with van der Waals surface area (Å²) in [5.74, 6) is -1.81. The molecule has 0 radical (unpaired) electrons. The molecule has 25 heavy (non-hydrogen) atoms. The summed E-state index contributed by atoms with van der Waals surface area (Å²) < 4.78 is 2.89. The number of fused-ring (bicyclic) bond motifs is 1. The number of benzene rings is 1. The molecule has 2 aromatic rings. The lowest BCUT2D eigenvalue weighted by Crippen LogP contribution is -2.49. The van der Waals surface area contributed by atoms with Gasteiger partial charge in [-0.1, -0.05) is 12.1 Å². The lowest BCUT2D eigenvalue weighted by Gasteiger charge is -2.16. The number of hydrogen-bond acceptors (Lipinski definition) is 4. The molecule has 9 heteroatoms. The molecule has 4 N–H and O–H groups in total. The van der Waals surface area contributed by atoms with Crippen molar-refractivity contribution in [1.29, 1.82) is 0 Å². The molecule has 1 aromatic carbocycles. The molecular weight excluding hydrogens is 326 g/mol. The van der Waals surface area contributed by atoms with Gasteiger partial charge in [0, 0.05) is 13.6 Å². The van der Waals surface area contributed by atoms with E-state index in [-0.39, 0.29) is 18.7 Å². The number of nitrogens with one attached hydrogen (secondary N) is 2. The number of carbonyl (C=O) groups is 3. The third-order valence-electron chi connectivity index (χ3n) is 3.85. The molecule has 0 unspecified atom stereocenters. The van der Waals surface area contributed by atoms with Gasteiger partial charge in [-0.25, -0.2) is 4.79 Å². The predicted molar refractivity (Wildman–Crippen MR) is 91.7 cm³/mol. The van der Waals surface area contributed by atoms with Gasteiger partial charge in [0.1, 0.15) is 12.6 Å². The molecule has 1 heterocycles. The van der Waals surface area contributed by atoms with Gasteiger partial charge in [0.15, 0.2) is 0 Å². The number of para-hydroxylation sites is 2. The van der Waals surface area contributed by atoms with Gasteiger partial charge in [0.05, 0.1) is 17.5 Å². The number of hydrogen-bond donors (Lipinski definition) is 3. The molecule has 0 aliphatic heterocycles. The molecule has 0 bridgehead atoms. The number of aromatic nitrogens is 2. The first-order valence-corrected chi connectivity index (χ1v) is 7.86. The minimum Gasteiger partial charge on any atom is -0.370 e. The highest BCUT2D eigenvalue weighted by Crippen LogP contribution is 2.12. The largest absolute Gasteiger partial charge is 0.370 e. The van der Waals surface area contributed by atoms with E-state index in [4.69, 9.17) is 5.73 Å². The summed E-state index contributed by atoms with van der Waals surface area (Å²) in [6.45, 7) is 2.04. The van der Waals surface area contributed by atoms with E-state index < -0.39 is 23.8 Å². The lowest BCUT2D eigenvalue weighted by molar-refractivity contribution is -0.131. The van der Waals surface area contributed by atoms with E-state index in [0.717, 1.165) is 5.52 Å². The molecule has 0 fully saturated rings. The van der Waals surface area contributed by atoms with Crippen LogP contribution in [0.2, 0.25) is 0 Å². The van der Waals surface area contributed by atoms with E-state index in [0.29, 0.717) is 12.1 Å². The molecule has 134 valence electrons. The van der Waals surface area contributed by atoms with Crippen LogP contribution < -0.4 is 22.1 Å². The monoisotopic (exact) mass is 347 g/mol. The first-order valence-electron chi connectivity index (χ1n) is 7.86. The van der Waals surface area contributed by atoms with Crippen molar-refractivity contribution in [2.75, 3.05) is 7.05 Å². The number of rotatable bonds is 7. The van der Waals surface area contributed by atoms with Crippen molar-refractivity contribution >= 4 is 28.8 Å². The Kier molecular flexibility index (Phi) is 5.58. The number of carbonyl (C=O) groups excluding carboxylic acids is 3. The van der Waals surface area contributed by atoms with Crippen LogP contribution in [0.15, 0.2) is 29.1 Å². The average molecular weight is 347 g/mol. The van der Waals surface area contributed by atoms with Gasteiger partial charge < -0.3 is 16.4 Å². The van der Waals surface area contributed by atoms with Crippen molar-refractivity contribution < 1.29 is 14.4 Å². The van der Waals surface area contributed by atoms with E-state index in [9.17, 15) is 19.2 Å². The smallest absolute Gasteiger partial charge is 0.329 e. The Hall–Kier alpha value is -3.10. The Labute approximate surface area is 143 Å². The molecule has 0 saturated carbocycles. The van der Waals surface area contributed by atoms with Crippen LogP contribution in [0.5, 0.6) is 0 Å². The van der Waals surface area contributed by atoms with Crippen molar-refractivity contribution in [3.05, 3.63) is 34.7 Å². The van der Waals surface area contributed by atoms with Gasteiger partial charge in [-0.2, -0.15) is 0 Å². The zero-order valence-corrected chi connectivity index (χ0v) is 14.1. The van der Waals surface area contributed by atoms with Gasteiger partial charge in [-0.05, 0) is 19.1 Å². The molecular formula is C16H21N5O4. The van der Waals surface area contributed by atoms with Gasteiger partial charge in [-0.3, -0.25) is 23.5 Å². The number of nitrogens with two attached hydrogens (primary N) is 1. The van der Waals surface area contributed by atoms with Gasteiger partial charge in [0.2, 0.25) is 17.7 Å². The van der Waals surface area contributed by atoms with Crippen LogP contribution in [0.1, 0.15) is 13.3 Å². The molecule has 3 amide bonds. The summed E-state index contributed by atoms with van der Waals surface area (Å²) >= 11 is 0. The Morgan fingerprint density at radius 3 is 2.28 bits per heavy atom. The Bertz CT molecular complexity index is 867. The molecule has 0 saturated heterocycles. The number of imidazole rings is 1. The van der Waals surface area contributed by atoms with E-state index in [1.165, 1.54) is 11.6 Å². The number of aryl methyl sites for hydroxylation is 1. The third kappa shape index (κ3) is 3.87. The molecule has 2 rings (SSSR count). The minimum atomic E-state index is -1.08. The molecule has 1 atom stereocenters. The summed E-state index contributed by atoms with van der Waals surface area (Å²) in [4.78, 5) is 47.6. The highest BCUT2D eigenvalue weighted by atomic mass is 16.2. The lowest BCUT2D eigenvalue weighted by atomic mass is 10.2. The maximum Gasteiger partial charge on any atom is 0.329 e. The van der Waals surface area contributed by atoms with Crippen LogP contribution in [-0.2, 0) is 27.5 Å². The van der Waals surface area contributed by atoms with Crippen molar-refractivity contribution in [2.45, 2.75) is 32.5 Å². The van der Waals surface area contributed by atoms with Crippen LogP contribution in [0, 0.1) is 0 Å². The second kappa shape index (κ2) is 7.65. The van der Waals surface area contributed by atoms with Crippen molar-refractivity contribution in [3.8, 4) is 0 Å². The van der Waals surface area contributed by atoms with E-state index in [1.807, 2.05) is 13.0 Å². The molecule has 1 aromatic heterocycles. The standard InChI is InChI=1S/C16H21N5O4/c1-3-20-11-6-4-5-7-12(11)21(16(20)25)9-14(23)19-10(8-13(17)22)15(24)18-2/h4-7,10H,3,8-9H2,1-2H3,(H2,17,22)(H,18,24)(H,19,23)/t10-/m0/s1. The first kappa shape index (κ1) is 18.2. The highest BCUT2D eigenvalue weighted by molar-refractivity contribution is 5.91. The van der Waals surface area contributed by atoms with Crippen molar-refractivity contribution in [2.24, 2.45) is 5.73 Å². The van der Waals surface area contributed by atoms with E-state index in [1.54, 1.807) is 22.8 Å². The quantitative estimate of drug-likeness (QED) is 0.589. The Morgan fingerprint density at radius 2 is 1.76 bits per heavy atom. The van der Waals surface area contributed by atoms with Crippen LogP contribution >= 0.6 is 0 Å². The fourth-order valence-corrected chi connectivity index (χ4v) is 2.70. The fraction of sp³-hybridized carbons (Fsp3) is 0.375. The Balaban J connectivity index is 2.27. The van der Waals surface area contributed by atoms with Gasteiger partial charge in [-0.15, -0.1) is 0 Å². The molecule has 0 aliphatic rings. The maximum absolute atomic E-state index is 12.5. The normalized spacial score (nSPS) is 11.9. The van der Waals surface area contributed by atoms with Gasteiger partial charge >= 0.3 is 5.69 Å². The minimum absolute atomic E-state index is 0.265. The fourth-order valence-electron chi connectivity index (χ4n) is 2.70. The zero-order chi connectivity index (χ0) is 18.6. The number of amides is 3. The summed E-state index contributed by atoms with van der Waals surface area (Å²) in [7, 11) is 1.39. The molecule has 0 spiro atoms. The van der Waals surface area contributed by atoms with E-state index >= 15 is 0 Å². The summed E-state index contributed by atoms with van der Waals surface area (Å²) in [5, 5.41) is 4.81. The van der Waals surface area contributed by atoms with Crippen LogP contribution in [-0.4, -0.2) is 39.9 Å². The van der Waals surface area contributed by atoms with E-state index in [2.05, 4.69) is 10.6 Å². The average Bonchev–Trinajstić information content (AvgIpc) is 2.84. The van der Waals surface area contributed by atoms with Crippen LogP contribution in [0.25, 0.3) is 11.0 Å². The first-order chi connectivity index (χ1) is 11.9. The number of likely N-dealkylation sites (N-methyl/N-ethyl adjacent to an activating group) is 1.